The zero-order valence-corrected chi connectivity index (χ0v) is 10.6. The monoisotopic (exact) mass is 236 g/mol. The third-order valence-corrected chi connectivity index (χ3v) is 4.83. The average Bonchev–Trinajstić information content (AvgIpc) is 3.05. The van der Waals surface area contributed by atoms with Gasteiger partial charge in [-0.15, -0.1) is 11.3 Å². The van der Waals surface area contributed by atoms with Gasteiger partial charge in [-0.2, -0.15) is 0 Å². The first kappa shape index (κ1) is 10.7. The molecule has 0 atom stereocenters. The van der Waals surface area contributed by atoms with Crippen LogP contribution in [0.3, 0.4) is 0 Å². The topological polar surface area (TPSA) is 24.9 Å². The van der Waals surface area contributed by atoms with Crippen molar-refractivity contribution in [3.05, 3.63) is 16.1 Å². The fraction of sp³-hybridized carbons (Fsp3) is 0.769. The summed E-state index contributed by atoms with van der Waals surface area (Å²) >= 11 is 1.94. The number of rotatable bonds is 4. The molecule has 0 spiro atoms. The Balaban J connectivity index is 1.57. The van der Waals surface area contributed by atoms with Gasteiger partial charge in [0.1, 0.15) is 0 Å². The van der Waals surface area contributed by atoms with E-state index in [9.17, 15) is 0 Å². The van der Waals surface area contributed by atoms with Crippen LogP contribution in [0.25, 0.3) is 0 Å². The van der Waals surface area contributed by atoms with Gasteiger partial charge in [0.05, 0.1) is 5.01 Å². The van der Waals surface area contributed by atoms with Crippen LogP contribution in [0.4, 0.5) is 0 Å². The maximum atomic E-state index is 4.62. The summed E-state index contributed by atoms with van der Waals surface area (Å²) in [4.78, 5) is 6.04. The van der Waals surface area contributed by atoms with Crippen molar-refractivity contribution in [2.45, 2.75) is 63.5 Å². The lowest BCUT2D eigenvalue weighted by molar-refractivity contribution is 0.442. The molecular weight excluding hydrogens is 216 g/mol. The van der Waals surface area contributed by atoms with E-state index in [0.717, 1.165) is 18.5 Å². The van der Waals surface area contributed by atoms with Gasteiger partial charge in [0.2, 0.25) is 0 Å². The largest absolute Gasteiger partial charge is 0.309 e. The Kier molecular flexibility index (Phi) is 3.25. The first-order valence-electron chi connectivity index (χ1n) is 6.60. The number of hydrogen-bond donors (Lipinski definition) is 1. The van der Waals surface area contributed by atoms with Gasteiger partial charge in [0.15, 0.2) is 0 Å². The second kappa shape index (κ2) is 4.84. The number of thiazole rings is 1. The number of nitrogens with zero attached hydrogens (tertiary/aromatic N) is 1. The first-order valence-corrected chi connectivity index (χ1v) is 7.41. The Morgan fingerprint density at radius 3 is 2.75 bits per heavy atom. The highest BCUT2D eigenvalue weighted by Gasteiger charge is 2.21. The molecule has 0 unspecified atom stereocenters. The summed E-state index contributed by atoms with van der Waals surface area (Å²) < 4.78 is 0. The van der Waals surface area contributed by atoms with Crippen molar-refractivity contribution in [3.8, 4) is 0 Å². The molecule has 0 aliphatic heterocycles. The molecule has 1 aromatic rings. The Labute approximate surface area is 101 Å². The van der Waals surface area contributed by atoms with Gasteiger partial charge in [0, 0.05) is 29.6 Å². The molecule has 1 N–H and O–H groups in total. The van der Waals surface area contributed by atoms with Gasteiger partial charge < -0.3 is 5.32 Å². The highest BCUT2D eigenvalue weighted by atomic mass is 32.1. The van der Waals surface area contributed by atoms with Gasteiger partial charge in [-0.3, -0.25) is 0 Å². The number of hydrogen-bond acceptors (Lipinski definition) is 3. The average molecular weight is 236 g/mol. The predicted octanol–water partition coefficient (Wildman–Crippen LogP) is 3.44. The van der Waals surface area contributed by atoms with E-state index in [1.165, 1.54) is 54.8 Å². The molecule has 16 heavy (non-hydrogen) atoms. The minimum absolute atomic E-state index is 0.772. The molecule has 3 heteroatoms. The normalized spacial score (nSPS) is 22.5. The highest BCUT2D eigenvalue weighted by molar-refractivity contribution is 7.11. The van der Waals surface area contributed by atoms with E-state index in [0.29, 0.717) is 0 Å². The molecular formula is C13H20N2S. The molecule has 0 amide bonds. The van der Waals surface area contributed by atoms with E-state index in [1.54, 1.807) is 0 Å². The fourth-order valence-corrected chi connectivity index (χ4v) is 3.51. The molecule has 2 nitrogen and oxygen atoms in total. The van der Waals surface area contributed by atoms with Gasteiger partial charge >= 0.3 is 0 Å². The van der Waals surface area contributed by atoms with E-state index in [4.69, 9.17) is 0 Å². The molecule has 3 rings (SSSR count). The van der Waals surface area contributed by atoms with Crippen LogP contribution in [0.2, 0.25) is 0 Å². The summed E-state index contributed by atoms with van der Waals surface area (Å²) in [5.41, 5.74) is 0. The lowest BCUT2D eigenvalue weighted by atomic mass is 9.90. The zero-order chi connectivity index (χ0) is 10.8. The second-order valence-corrected chi connectivity index (χ2v) is 6.30. The highest BCUT2D eigenvalue weighted by Crippen LogP contribution is 2.34. The summed E-state index contributed by atoms with van der Waals surface area (Å²) in [6.45, 7) is 1.04. The molecule has 2 aliphatic carbocycles. The Morgan fingerprint density at radius 1 is 1.19 bits per heavy atom. The van der Waals surface area contributed by atoms with E-state index >= 15 is 0 Å². The third-order valence-electron chi connectivity index (χ3n) is 3.67. The minimum atomic E-state index is 0.772. The van der Waals surface area contributed by atoms with Crippen LogP contribution in [0, 0.1) is 0 Å². The van der Waals surface area contributed by atoms with Crippen molar-refractivity contribution < 1.29 is 0 Å². The van der Waals surface area contributed by atoms with Crippen LogP contribution in [-0.2, 0) is 6.54 Å². The maximum absolute atomic E-state index is 4.62. The van der Waals surface area contributed by atoms with E-state index < -0.39 is 0 Å². The summed E-state index contributed by atoms with van der Waals surface area (Å²) in [7, 11) is 0. The minimum Gasteiger partial charge on any atom is -0.309 e. The van der Waals surface area contributed by atoms with Crippen molar-refractivity contribution in [1.82, 2.24) is 10.3 Å². The van der Waals surface area contributed by atoms with Crippen molar-refractivity contribution in [1.29, 1.82) is 0 Å². The molecule has 0 aromatic carbocycles. The third kappa shape index (κ3) is 2.64. The quantitative estimate of drug-likeness (QED) is 0.866. The number of aromatic nitrogens is 1. The van der Waals surface area contributed by atoms with Crippen LogP contribution in [-0.4, -0.2) is 11.0 Å². The maximum Gasteiger partial charge on any atom is 0.0959 e. The van der Waals surface area contributed by atoms with Gasteiger partial charge in [-0.25, -0.2) is 4.98 Å². The lowest BCUT2D eigenvalue weighted by Crippen LogP contribution is -2.14. The molecule has 2 fully saturated rings. The standard InChI is InChI=1S/C13H20N2S/c1-2-4-10(5-3-1)13-15-9-12(16-13)8-14-11-6-7-11/h9-11,14H,1-8H2. The Morgan fingerprint density at radius 2 is 2.00 bits per heavy atom. The van der Waals surface area contributed by atoms with Gasteiger partial charge in [0.25, 0.3) is 0 Å². The van der Waals surface area contributed by atoms with E-state index in [-0.39, 0.29) is 0 Å². The summed E-state index contributed by atoms with van der Waals surface area (Å²) in [6, 6.07) is 0.806. The summed E-state index contributed by atoms with van der Waals surface area (Å²) in [5.74, 6) is 0.772. The molecule has 88 valence electrons. The van der Waals surface area contributed by atoms with Crippen molar-refractivity contribution in [2.24, 2.45) is 0 Å². The van der Waals surface area contributed by atoms with E-state index in [1.807, 2.05) is 11.3 Å². The van der Waals surface area contributed by atoms with Crippen LogP contribution >= 0.6 is 11.3 Å². The summed E-state index contributed by atoms with van der Waals surface area (Å²) in [6.07, 6.45) is 11.8. The number of nitrogens with one attached hydrogen (secondary N) is 1. The van der Waals surface area contributed by atoms with Crippen LogP contribution in [0.1, 0.15) is 60.7 Å². The van der Waals surface area contributed by atoms with E-state index in [2.05, 4.69) is 16.5 Å². The molecule has 1 heterocycles. The smallest absolute Gasteiger partial charge is 0.0959 e. The lowest BCUT2D eigenvalue weighted by Gasteiger charge is -2.18. The van der Waals surface area contributed by atoms with Crippen molar-refractivity contribution in [3.63, 3.8) is 0 Å². The second-order valence-electron chi connectivity index (χ2n) is 5.15. The molecule has 2 aliphatic rings. The van der Waals surface area contributed by atoms with Crippen LogP contribution in [0.15, 0.2) is 6.20 Å². The molecule has 0 radical (unpaired) electrons. The van der Waals surface area contributed by atoms with Crippen LogP contribution < -0.4 is 5.32 Å². The molecule has 2 saturated carbocycles. The van der Waals surface area contributed by atoms with Crippen molar-refractivity contribution >= 4 is 11.3 Å². The predicted molar refractivity (Wildman–Crippen MR) is 67.8 cm³/mol. The van der Waals surface area contributed by atoms with Crippen molar-refractivity contribution in [2.75, 3.05) is 0 Å². The Hall–Kier alpha value is -0.410. The summed E-state index contributed by atoms with van der Waals surface area (Å²) in [5, 5.41) is 4.96. The fourth-order valence-electron chi connectivity index (χ4n) is 2.48. The molecule has 0 bridgehead atoms. The van der Waals surface area contributed by atoms with Gasteiger partial charge in [-0.1, -0.05) is 19.3 Å². The molecule has 1 aromatic heterocycles. The first-order chi connectivity index (χ1) is 7.92. The Bertz CT molecular complexity index is 337. The molecule has 0 saturated heterocycles. The zero-order valence-electron chi connectivity index (χ0n) is 9.74. The SMILES string of the molecule is c1nc(C2CCCCC2)sc1CNC1CC1. The van der Waals surface area contributed by atoms with Crippen LogP contribution in [0.5, 0.6) is 0 Å². The van der Waals surface area contributed by atoms with Gasteiger partial charge in [-0.05, 0) is 25.7 Å².